The number of nitrogens with one attached hydrogen (secondary N) is 1. The third-order valence-corrected chi connectivity index (χ3v) is 3.75. The van der Waals surface area contributed by atoms with Gasteiger partial charge in [-0.1, -0.05) is 17.7 Å². The summed E-state index contributed by atoms with van der Waals surface area (Å²) < 4.78 is 11.8. The molecule has 1 aliphatic rings. The summed E-state index contributed by atoms with van der Waals surface area (Å²) in [5.74, 6) is 0.968. The van der Waals surface area contributed by atoms with Gasteiger partial charge in [0.25, 0.3) is 0 Å². The molecule has 1 fully saturated rings. The number of hydrogen-bond acceptors (Lipinski definition) is 3. The lowest BCUT2D eigenvalue weighted by atomic mass is 9.97. The molecule has 0 aliphatic carbocycles. The van der Waals surface area contributed by atoms with E-state index >= 15 is 0 Å². The van der Waals surface area contributed by atoms with Crippen LogP contribution in [0, 0.1) is 6.92 Å². The maximum atomic E-state index is 6.02. The van der Waals surface area contributed by atoms with Crippen LogP contribution in [0.15, 0.2) is 18.2 Å². The van der Waals surface area contributed by atoms with E-state index in [0.717, 1.165) is 18.6 Å². The molecule has 0 bridgehead atoms. The fourth-order valence-electron chi connectivity index (χ4n) is 2.82. The van der Waals surface area contributed by atoms with Crippen LogP contribution in [0.1, 0.15) is 43.9 Å². The minimum atomic E-state index is 0.200. The van der Waals surface area contributed by atoms with Crippen molar-refractivity contribution in [3.8, 4) is 5.75 Å². The van der Waals surface area contributed by atoms with Gasteiger partial charge in [-0.2, -0.15) is 0 Å². The molecule has 0 spiro atoms. The van der Waals surface area contributed by atoms with E-state index in [2.05, 4.69) is 37.4 Å². The van der Waals surface area contributed by atoms with E-state index in [1.165, 1.54) is 11.1 Å². The molecule has 1 N–H and O–H groups in total. The average Bonchev–Trinajstić information content (AvgIpc) is 2.80. The molecule has 2 rings (SSSR count). The summed E-state index contributed by atoms with van der Waals surface area (Å²) in [5.41, 5.74) is 2.47. The minimum Gasteiger partial charge on any atom is -0.494 e. The standard InChI is InChI=1S/C16H25NO2/c1-5-18-14-8-6-11(2)10-13(14)16(17-4)15-9-7-12(3)19-15/h6,8,10,12,15-17H,5,7,9H2,1-4H3. The van der Waals surface area contributed by atoms with E-state index in [9.17, 15) is 0 Å². The monoisotopic (exact) mass is 263 g/mol. The van der Waals surface area contributed by atoms with Crippen LogP contribution in [0.25, 0.3) is 0 Å². The molecule has 0 amide bonds. The Morgan fingerprint density at radius 2 is 2.21 bits per heavy atom. The van der Waals surface area contributed by atoms with Gasteiger partial charge in [0.05, 0.1) is 24.9 Å². The average molecular weight is 263 g/mol. The first-order valence-corrected chi connectivity index (χ1v) is 7.21. The maximum absolute atomic E-state index is 6.02. The normalized spacial score (nSPS) is 24.4. The lowest BCUT2D eigenvalue weighted by Gasteiger charge is -2.26. The van der Waals surface area contributed by atoms with Gasteiger partial charge in [0.1, 0.15) is 5.75 Å². The van der Waals surface area contributed by atoms with Crippen molar-refractivity contribution in [1.29, 1.82) is 0 Å². The molecule has 3 heteroatoms. The van der Waals surface area contributed by atoms with E-state index in [4.69, 9.17) is 9.47 Å². The largest absolute Gasteiger partial charge is 0.494 e. The molecule has 3 nitrogen and oxygen atoms in total. The molecular formula is C16H25NO2. The Morgan fingerprint density at radius 1 is 1.42 bits per heavy atom. The van der Waals surface area contributed by atoms with Crippen LogP contribution < -0.4 is 10.1 Å². The zero-order chi connectivity index (χ0) is 13.8. The molecule has 1 heterocycles. The second-order valence-electron chi connectivity index (χ2n) is 5.30. The summed E-state index contributed by atoms with van der Waals surface area (Å²) in [7, 11) is 2.00. The Morgan fingerprint density at radius 3 is 2.79 bits per heavy atom. The quantitative estimate of drug-likeness (QED) is 0.884. The third-order valence-electron chi connectivity index (χ3n) is 3.75. The maximum Gasteiger partial charge on any atom is 0.124 e. The number of rotatable bonds is 5. The predicted octanol–water partition coefficient (Wildman–Crippen LogP) is 3.22. The Bertz CT molecular complexity index is 419. The summed E-state index contributed by atoms with van der Waals surface area (Å²) in [6, 6.07) is 6.57. The number of aryl methyl sites for hydroxylation is 1. The lowest BCUT2D eigenvalue weighted by molar-refractivity contribution is 0.0327. The Kier molecular flexibility index (Phi) is 4.83. The highest BCUT2D eigenvalue weighted by Crippen LogP contribution is 2.34. The van der Waals surface area contributed by atoms with E-state index in [0.29, 0.717) is 12.7 Å². The van der Waals surface area contributed by atoms with Crippen molar-refractivity contribution in [2.45, 2.75) is 51.9 Å². The number of hydrogen-bond donors (Lipinski definition) is 1. The molecule has 0 aromatic heterocycles. The van der Waals surface area contributed by atoms with Gasteiger partial charge >= 0.3 is 0 Å². The van der Waals surface area contributed by atoms with Crippen molar-refractivity contribution in [2.24, 2.45) is 0 Å². The SMILES string of the molecule is CCOc1ccc(C)cc1C(NC)C1CCC(C)O1. The van der Waals surface area contributed by atoms with Gasteiger partial charge < -0.3 is 14.8 Å². The predicted molar refractivity (Wildman–Crippen MR) is 77.7 cm³/mol. The second kappa shape index (κ2) is 6.40. The number of ether oxygens (including phenoxy) is 2. The van der Waals surface area contributed by atoms with Gasteiger partial charge in [-0.15, -0.1) is 0 Å². The summed E-state index contributed by atoms with van der Waals surface area (Å²) in [6.07, 6.45) is 2.84. The van der Waals surface area contributed by atoms with E-state index in [1.54, 1.807) is 0 Å². The molecule has 3 unspecified atom stereocenters. The highest BCUT2D eigenvalue weighted by Gasteiger charge is 2.31. The van der Waals surface area contributed by atoms with Crippen LogP contribution in [0.3, 0.4) is 0 Å². The smallest absolute Gasteiger partial charge is 0.124 e. The Hall–Kier alpha value is -1.06. The van der Waals surface area contributed by atoms with E-state index in [-0.39, 0.29) is 12.1 Å². The fraction of sp³-hybridized carbons (Fsp3) is 0.625. The number of benzene rings is 1. The van der Waals surface area contributed by atoms with Gasteiger partial charge in [0, 0.05) is 5.56 Å². The molecule has 0 saturated carbocycles. The summed E-state index contributed by atoms with van der Waals surface area (Å²) in [4.78, 5) is 0. The zero-order valence-electron chi connectivity index (χ0n) is 12.4. The highest BCUT2D eigenvalue weighted by atomic mass is 16.5. The van der Waals surface area contributed by atoms with Crippen molar-refractivity contribution < 1.29 is 9.47 Å². The topological polar surface area (TPSA) is 30.5 Å². The molecule has 1 saturated heterocycles. The van der Waals surface area contributed by atoms with Crippen LogP contribution in [-0.2, 0) is 4.74 Å². The van der Waals surface area contributed by atoms with Crippen molar-refractivity contribution in [3.63, 3.8) is 0 Å². The van der Waals surface area contributed by atoms with Crippen LogP contribution in [0.4, 0.5) is 0 Å². The van der Waals surface area contributed by atoms with Gasteiger partial charge in [0.2, 0.25) is 0 Å². The molecule has 1 aromatic carbocycles. The minimum absolute atomic E-state index is 0.200. The Labute approximate surface area is 116 Å². The van der Waals surface area contributed by atoms with Gasteiger partial charge in [0.15, 0.2) is 0 Å². The van der Waals surface area contributed by atoms with E-state index < -0.39 is 0 Å². The first-order valence-electron chi connectivity index (χ1n) is 7.21. The van der Waals surface area contributed by atoms with Crippen molar-refractivity contribution in [3.05, 3.63) is 29.3 Å². The van der Waals surface area contributed by atoms with Gasteiger partial charge in [-0.3, -0.25) is 0 Å². The first kappa shape index (κ1) is 14.4. The van der Waals surface area contributed by atoms with Gasteiger partial charge in [-0.05, 0) is 46.7 Å². The van der Waals surface area contributed by atoms with Crippen LogP contribution in [-0.4, -0.2) is 25.9 Å². The molecule has 19 heavy (non-hydrogen) atoms. The van der Waals surface area contributed by atoms with E-state index in [1.807, 2.05) is 14.0 Å². The summed E-state index contributed by atoms with van der Waals surface area (Å²) >= 11 is 0. The van der Waals surface area contributed by atoms with Crippen molar-refractivity contribution in [2.75, 3.05) is 13.7 Å². The highest BCUT2D eigenvalue weighted by molar-refractivity contribution is 5.40. The van der Waals surface area contributed by atoms with Crippen LogP contribution in [0.5, 0.6) is 5.75 Å². The Balaban J connectivity index is 2.28. The summed E-state index contributed by atoms with van der Waals surface area (Å²) in [5, 5.41) is 3.40. The zero-order valence-corrected chi connectivity index (χ0v) is 12.4. The molecule has 1 aromatic rings. The molecule has 1 aliphatic heterocycles. The van der Waals surface area contributed by atoms with Crippen molar-refractivity contribution >= 4 is 0 Å². The molecular weight excluding hydrogens is 238 g/mol. The van der Waals surface area contributed by atoms with Gasteiger partial charge in [-0.25, -0.2) is 0 Å². The lowest BCUT2D eigenvalue weighted by Crippen LogP contribution is -2.30. The van der Waals surface area contributed by atoms with Crippen LogP contribution >= 0.6 is 0 Å². The molecule has 106 valence electrons. The summed E-state index contributed by atoms with van der Waals surface area (Å²) in [6.45, 7) is 6.97. The first-order chi connectivity index (χ1) is 9.15. The third kappa shape index (κ3) is 3.28. The second-order valence-corrected chi connectivity index (χ2v) is 5.30. The fourth-order valence-corrected chi connectivity index (χ4v) is 2.82. The number of likely N-dealkylation sites (N-methyl/N-ethyl adjacent to an activating group) is 1. The molecule has 3 atom stereocenters. The molecule has 0 radical (unpaired) electrons. The van der Waals surface area contributed by atoms with Crippen LogP contribution in [0.2, 0.25) is 0 Å². The van der Waals surface area contributed by atoms with Crippen molar-refractivity contribution in [1.82, 2.24) is 5.32 Å².